The monoisotopic (exact) mass is 321 g/mol. The Kier molecular flexibility index (Phi) is 5.06. The Morgan fingerprint density at radius 1 is 1.29 bits per heavy atom. The lowest BCUT2D eigenvalue weighted by molar-refractivity contribution is 0.0685. The van der Waals surface area contributed by atoms with Gasteiger partial charge in [0.25, 0.3) is 0 Å². The topological polar surface area (TPSA) is 83.5 Å². The normalized spacial score (nSPS) is 12.4. The SMILES string of the molecule is CC(C)(C)CCNS(=O)(=O)c1ccc(F)c(C(=O)O)c1F. The van der Waals surface area contributed by atoms with Gasteiger partial charge in [0.2, 0.25) is 10.0 Å². The summed E-state index contributed by atoms with van der Waals surface area (Å²) in [5.74, 6) is -4.80. The number of carbonyl (C=O) groups is 1. The van der Waals surface area contributed by atoms with Gasteiger partial charge in [0.05, 0.1) is 0 Å². The molecule has 0 spiro atoms. The van der Waals surface area contributed by atoms with Gasteiger partial charge in [-0.15, -0.1) is 0 Å². The van der Waals surface area contributed by atoms with Crippen molar-refractivity contribution in [2.45, 2.75) is 32.1 Å². The summed E-state index contributed by atoms with van der Waals surface area (Å²) in [6, 6.07) is 1.32. The van der Waals surface area contributed by atoms with E-state index in [1.54, 1.807) is 0 Å². The predicted octanol–water partition coefficient (Wildman–Crippen LogP) is 2.38. The molecular formula is C13H17F2NO4S. The molecule has 0 aromatic heterocycles. The highest BCUT2D eigenvalue weighted by atomic mass is 32.2. The van der Waals surface area contributed by atoms with Gasteiger partial charge in [0, 0.05) is 6.54 Å². The maximum absolute atomic E-state index is 13.9. The van der Waals surface area contributed by atoms with E-state index in [0.717, 1.165) is 0 Å². The van der Waals surface area contributed by atoms with Crippen molar-refractivity contribution in [3.63, 3.8) is 0 Å². The van der Waals surface area contributed by atoms with Crippen LogP contribution in [-0.4, -0.2) is 26.0 Å². The molecule has 0 amide bonds. The van der Waals surface area contributed by atoms with E-state index in [0.29, 0.717) is 18.6 Å². The molecule has 2 N–H and O–H groups in total. The summed E-state index contributed by atoms with van der Waals surface area (Å²) in [5.41, 5.74) is -1.41. The van der Waals surface area contributed by atoms with Crippen LogP contribution in [0.15, 0.2) is 17.0 Å². The Bertz CT molecular complexity index is 651. The van der Waals surface area contributed by atoms with Crippen LogP contribution in [0, 0.1) is 17.0 Å². The lowest BCUT2D eigenvalue weighted by Gasteiger charge is -2.18. The van der Waals surface area contributed by atoms with Crippen molar-refractivity contribution in [1.29, 1.82) is 0 Å². The molecule has 0 aliphatic carbocycles. The van der Waals surface area contributed by atoms with Crippen LogP contribution in [0.25, 0.3) is 0 Å². The fourth-order valence-corrected chi connectivity index (χ4v) is 2.69. The minimum absolute atomic E-state index is 0.0606. The van der Waals surface area contributed by atoms with Gasteiger partial charge in [0.1, 0.15) is 16.3 Å². The van der Waals surface area contributed by atoms with Crippen molar-refractivity contribution in [3.05, 3.63) is 29.3 Å². The van der Waals surface area contributed by atoms with Gasteiger partial charge in [0.15, 0.2) is 5.82 Å². The van der Waals surface area contributed by atoms with Gasteiger partial charge in [-0.1, -0.05) is 20.8 Å². The van der Waals surface area contributed by atoms with Gasteiger partial charge in [-0.25, -0.2) is 26.7 Å². The van der Waals surface area contributed by atoms with Crippen molar-refractivity contribution in [2.24, 2.45) is 5.41 Å². The largest absolute Gasteiger partial charge is 0.477 e. The Morgan fingerprint density at radius 3 is 2.33 bits per heavy atom. The maximum atomic E-state index is 13.9. The molecule has 0 atom stereocenters. The van der Waals surface area contributed by atoms with Gasteiger partial charge < -0.3 is 5.11 Å². The summed E-state index contributed by atoms with van der Waals surface area (Å²) in [6.07, 6.45) is 0.501. The zero-order valence-electron chi connectivity index (χ0n) is 11.9. The highest BCUT2D eigenvalue weighted by molar-refractivity contribution is 7.89. The van der Waals surface area contributed by atoms with Crippen molar-refractivity contribution in [3.8, 4) is 0 Å². The van der Waals surface area contributed by atoms with E-state index in [-0.39, 0.29) is 12.0 Å². The van der Waals surface area contributed by atoms with Crippen LogP contribution in [0.2, 0.25) is 0 Å². The summed E-state index contributed by atoms with van der Waals surface area (Å²) < 4.78 is 53.2. The zero-order valence-corrected chi connectivity index (χ0v) is 12.7. The van der Waals surface area contributed by atoms with Crippen LogP contribution in [0.5, 0.6) is 0 Å². The number of halogens is 2. The first-order valence-electron chi connectivity index (χ1n) is 6.17. The number of nitrogens with one attached hydrogen (secondary N) is 1. The van der Waals surface area contributed by atoms with Crippen molar-refractivity contribution in [1.82, 2.24) is 4.72 Å². The van der Waals surface area contributed by atoms with E-state index in [2.05, 4.69) is 4.72 Å². The summed E-state index contributed by atoms with van der Waals surface area (Å²) in [7, 11) is -4.24. The van der Waals surface area contributed by atoms with Crippen LogP contribution < -0.4 is 4.72 Å². The Morgan fingerprint density at radius 2 is 1.86 bits per heavy atom. The second kappa shape index (κ2) is 6.07. The first-order valence-corrected chi connectivity index (χ1v) is 7.65. The van der Waals surface area contributed by atoms with Gasteiger partial charge in [-0.3, -0.25) is 0 Å². The van der Waals surface area contributed by atoms with Crippen LogP contribution in [0.3, 0.4) is 0 Å². The molecule has 0 heterocycles. The third kappa shape index (κ3) is 4.47. The molecule has 8 heteroatoms. The quantitative estimate of drug-likeness (QED) is 0.872. The van der Waals surface area contributed by atoms with Crippen molar-refractivity contribution >= 4 is 16.0 Å². The molecule has 0 unspecified atom stereocenters. The number of aromatic carboxylic acids is 1. The Labute approximate surface area is 122 Å². The van der Waals surface area contributed by atoms with E-state index in [9.17, 15) is 22.0 Å². The average molecular weight is 321 g/mol. The van der Waals surface area contributed by atoms with Crippen LogP contribution in [-0.2, 0) is 10.0 Å². The summed E-state index contributed by atoms with van der Waals surface area (Å²) in [6.45, 7) is 5.78. The van der Waals surface area contributed by atoms with Gasteiger partial charge in [-0.05, 0) is 24.0 Å². The smallest absolute Gasteiger partial charge is 0.341 e. The fourth-order valence-electron chi connectivity index (χ4n) is 1.58. The minimum atomic E-state index is -4.24. The molecule has 0 aliphatic heterocycles. The van der Waals surface area contributed by atoms with E-state index < -0.39 is 38.1 Å². The predicted molar refractivity (Wildman–Crippen MR) is 72.6 cm³/mol. The molecule has 1 aromatic rings. The standard InChI is InChI=1S/C13H17F2NO4S/c1-13(2,3)6-7-16-21(19,20)9-5-4-8(14)10(11(9)15)12(17)18/h4-5,16H,6-7H2,1-3H3,(H,17,18). The molecule has 1 rings (SSSR count). The van der Waals surface area contributed by atoms with E-state index in [4.69, 9.17) is 5.11 Å². The molecular weight excluding hydrogens is 304 g/mol. The average Bonchev–Trinajstić information content (AvgIpc) is 2.25. The summed E-state index contributed by atoms with van der Waals surface area (Å²) in [5, 5.41) is 8.72. The van der Waals surface area contributed by atoms with Crippen molar-refractivity contribution in [2.75, 3.05) is 6.54 Å². The Balaban J connectivity index is 3.10. The van der Waals surface area contributed by atoms with Crippen LogP contribution >= 0.6 is 0 Å². The number of carboxylic acids is 1. The highest BCUT2D eigenvalue weighted by Crippen LogP contribution is 2.22. The zero-order chi connectivity index (χ0) is 16.4. The molecule has 118 valence electrons. The number of rotatable bonds is 5. The van der Waals surface area contributed by atoms with E-state index >= 15 is 0 Å². The van der Waals surface area contributed by atoms with E-state index in [1.165, 1.54) is 0 Å². The second-order valence-corrected chi connectivity index (χ2v) is 7.48. The first-order chi connectivity index (χ1) is 9.46. The molecule has 5 nitrogen and oxygen atoms in total. The number of carboxylic acid groups (broad SMARTS) is 1. The third-order valence-corrected chi connectivity index (χ3v) is 4.20. The number of hydrogen-bond acceptors (Lipinski definition) is 3. The Hall–Kier alpha value is -1.54. The highest BCUT2D eigenvalue weighted by Gasteiger charge is 2.27. The second-order valence-electron chi connectivity index (χ2n) is 5.75. The molecule has 0 radical (unpaired) electrons. The number of sulfonamides is 1. The fraction of sp³-hybridized carbons (Fsp3) is 0.462. The van der Waals surface area contributed by atoms with Gasteiger partial charge >= 0.3 is 5.97 Å². The van der Waals surface area contributed by atoms with Gasteiger partial charge in [-0.2, -0.15) is 0 Å². The summed E-state index contributed by atoms with van der Waals surface area (Å²) in [4.78, 5) is 9.89. The minimum Gasteiger partial charge on any atom is -0.477 e. The number of hydrogen-bond donors (Lipinski definition) is 2. The molecule has 0 aliphatic rings. The third-order valence-electron chi connectivity index (χ3n) is 2.73. The van der Waals surface area contributed by atoms with E-state index in [1.807, 2.05) is 20.8 Å². The molecule has 0 saturated carbocycles. The molecule has 21 heavy (non-hydrogen) atoms. The molecule has 0 fully saturated rings. The first kappa shape index (κ1) is 17.5. The molecule has 0 bridgehead atoms. The maximum Gasteiger partial charge on any atom is 0.341 e. The molecule has 1 aromatic carbocycles. The molecule has 0 saturated heterocycles. The van der Waals surface area contributed by atoms with Crippen LogP contribution in [0.1, 0.15) is 37.6 Å². The lowest BCUT2D eigenvalue weighted by atomic mass is 9.93. The number of benzene rings is 1. The lowest BCUT2D eigenvalue weighted by Crippen LogP contribution is -2.28. The summed E-state index contributed by atoms with van der Waals surface area (Å²) >= 11 is 0. The van der Waals surface area contributed by atoms with Crippen LogP contribution in [0.4, 0.5) is 8.78 Å². The van der Waals surface area contributed by atoms with Crippen molar-refractivity contribution < 1.29 is 27.1 Å².